The molecule has 1 unspecified atom stereocenters. The van der Waals surface area contributed by atoms with Crippen LogP contribution in [-0.2, 0) is 4.79 Å². The minimum Gasteiger partial charge on any atom is -0.300 e. The Hall–Kier alpha value is -0.370. The maximum absolute atomic E-state index is 11.4. The summed E-state index contributed by atoms with van der Waals surface area (Å²) in [7, 11) is 0. The SMILES string of the molecule is CC1(C)CCN(C2CCCC(=O)C2)C1. The quantitative estimate of drug-likeness (QED) is 0.639. The van der Waals surface area contributed by atoms with Crippen LogP contribution in [0.1, 0.15) is 46.0 Å². The Balaban J connectivity index is 1.93. The van der Waals surface area contributed by atoms with Gasteiger partial charge in [-0.25, -0.2) is 0 Å². The second kappa shape index (κ2) is 3.65. The molecule has 1 aliphatic heterocycles. The van der Waals surface area contributed by atoms with Crippen LogP contribution < -0.4 is 0 Å². The fourth-order valence-corrected chi connectivity index (χ4v) is 2.78. The van der Waals surface area contributed by atoms with Crippen LogP contribution in [0.5, 0.6) is 0 Å². The Kier molecular flexibility index (Phi) is 2.65. The van der Waals surface area contributed by atoms with Crippen LogP contribution in [0, 0.1) is 5.41 Å². The molecule has 1 heterocycles. The highest BCUT2D eigenvalue weighted by Crippen LogP contribution is 2.33. The molecule has 2 aliphatic rings. The van der Waals surface area contributed by atoms with Gasteiger partial charge in [0.25, 0.3) is 0 Å². The second-order valence-electron chi connectivity index (χ2n) is 5.67. The van der Waals surface area contributed by atoms with Gasteiger partial charge in [0.2, 0.25) is 0 Å². The van der Waals surface area contributed by atoms with Crippen molar-refractivity contribution >= 4 is 5.78 Å². The molecule has 0 N–H and O–H groups in total. The minimum absolute atomic E-state index is 0.473. The molecule has 0 amide bonds. The van der Waals surface area contributed by atoms with Crippen molar-refractivity contribution < 1.29 is 4.79 Å². The first kappa shape index (κ1) is 10.2. The van der Waals surface area contributed by atoms with Gasteiger partial charge in [0.1, 0.15) is 5.78 Å². The third-order valence-corrected chi connectivity index (χ3v) is 3.68. The molecule has 80 valence electrons. The van der Waals surface area contributed by atoms with Crippen molar-refractivity contribution in [1.29, 1.82) is 0 Å². The Bertz CT molecular complexity index is 234. The molecule has 0 bridgehead atoms. The summed E-state index contributed by atoms with van der Waals surface area (Å²) in [6.45, 7) is 7.05. The molecule has 2 rings (SSSR count). The highest BCUT2D eigenvalue weighted by atomic mass is 16.1. The number of hydrogen-bond donors (Lipinski definition) is 0. The summed E-state index contributed by atoms with van der Waals surface area (Å²) < 4.78 is 0. The van der Waals surface area contributed by atoms with Gasteiger partial charge in [-0.05, 0) is 31.2 Å². The molecule has 2 heteroatoms. The van der Waals surface area contributed by atoms with Crippen molar-refractivity contribution in [1.82, 2.24) is 4.90 Å². The van der Waals surface area contributed by atoms with E-state index in [1.54, 1.807) is 0 Å². The molecule has 1 saturated carbocycles. The minimum atomic E-state index is 0.473. The number of likely N-dealkylation sites (tertiary alicyclic amines) is 1. The maximum atomic E-state index is 11.4. The molecular formula is C12H21NO. The molecule has 0 spiro atoms. The van der Waals surface area contributed by atoms with E-state index in [4.69, 9.17) is 0 Å². The van der Waals surface area contributed by atoms with Gasteiger partial charge in [0, 0.05) is 25.4 Å². The van der Waals surface area contributed by atoms with E-state index in [2.05, 4.69) is 18.7 Å². The normalized spacial score (nSPS) is 33.6. The van der Waals surface area contributed by atoms with Crippen molar-refractivity contribution in [2.45, 2.75) is 52.0 Å². The molecule has 1 aliphatic carbocycles. The molecule has 0 aromatic rings. The first-order chi connectivity index (χ1) is 6.57. The Morgan fingerprint density at radius 1 is 1.43 bits per heavy atom. The van der Waals surface area contributed by atoms with E-state index < -0.39 is 0 Å². The monoisotopic (exact) mass is 195 g/mol. The Labute approximate surface area is 86.7 Å². The molecule has 0 radical (unpaired) electrons. The molecule has 1 saturated heterocycles. The van der Waals surface area contributed by atoms with Crippen LogP contribution >= 0.6 is 0 Å². The number of Topliss-reactive ketones (excluding diaryl/α,β-unsaturated/α-hetero) is 1. The summed E-state index contributed by atoms with van der Waals surface area (Å²) in [6, 6.07) is 0.568. The van der Waals surface area contributed by atoms with E-state index in [0.717, 1.165) is 19.3 Å². The van der Waals surface area contributed by atoms with Crippen molar-refractivity contribution in [2.24, 2.45) is 5.41 Å². The first-order valence-corrected chi connectivity index (χ1v) is 5.83. The number of ketones is 1. The summed E-state index contributed by atoms with van der Waals surface area (Å²) in [5.41, 5.74) is 0.473. The molecule has 0 aromatic heterocycles. The lowest BCUT2D eigenvalue weighted by Gasteiger charge is -2.31. The summed E-state index contributed by atoms with van der Waals surface area (Å²) in [4.78, 5) is 13.9. The Morgan fingerprint density at radius 3 is 2.79 bits per heavy atom. The van der Waals surface area contributed by atoms with Crippen molar-refractivity contribution in [2.75, 3.05) is 13.1 Å². The van der Waals surface area contributed by atoms with E-state index in [-0.39, 0.29) is 0 Å². The highest BCUT2D eigenvalue weighted by Gasteiger charge is 2.34. The van der Waals surface area contributed by atoms with Gasteiger partial charge in [-0.2, -0.15) is 0 Å². The zero-order valence-corrected chi connectivity index (χ0v) is 9.38. The lowest BCUT2D eigenvalue weighted by atomic mass is 9.91. The van der Waals surface area contributed by atoms with E-state index in [1.807, 2.05) is 0 Å². The third kappa shape index (κ3) is 2.17. The largest absolute Gasteiger partial charge is 0.300 e. The van der Waals surface area contributed by atoms with Crippen LogP contribution in [0.3, 0.4) is 0 Å². The van der Waals surface area contributed by atoms with Crippen molar-refractivity contribution in [3.63, 3.8) is 0 Å². The number of rotatable bonds is 1. The lowest BCUT2D eigenvalue weighted by Crippen LogP contribution is -2.38. The topological polar surface area (TPSA) is 20.3 Å². The standard InChI is InChI=1S/C12H21NO/c1-12(2)6-7-13(9-12)10-4-3-5-11(14)8-10/h10H,3-9H2,1-2H3. The van der Waals surface area contributed by atoms with E-state index in [9.17, 15) is 4.79 Å². The van der Waals surface area contributed by atoms with Gasteiger partial charge in [0.05, 0.1) is 0 Å². The molecule has 14 heavy (non-hydrogen) atoms. The van der Waals surface area contributed by atoms with Crippen LogP contribution in [0.4, 0.5) is 0 Å². The molecule has 1 atom stereocenters. The zero-order valence-electron chi connectivity index (χ0n) is 9.38. The van der Waals surface area contributed by atoms with E-state index in [1.165, 1.54) is 25.9 Å². The van der Waals surface area contributed by atoms with Gasteiger partial charge >= 0.3 is 0 Å². The van der Waals surface area contributed by atoms with Crippen molar-refractivity contribution in [3.05, 3.63) is 0 Å². The molecular weight excluding hydrogens is 174 g/mol. The van der Waals surface area contributed by atoms with Gasteiger partial charge in [-0.1, -0.05) is 13.8 Å². The summed E-state index contributed by atoms with van der Waals surface area (Å²) in [6.07, 6.45) is 5.28. The number of hydrogen-bond acceptors (Lipinski definition) is 2. The number of nitrogens with zero attached hydrogens (tertiary/aromatic N) is 1. The average Bonchev–Trinajstić information content (AvgIpc) is 2.46. The smallest absolute Gasteiger partial charge is 0.134 e. The molecule has 2 nitrogen and oxygen atoms in total. The van der Waals surface area contributed by atoms with E-state index in [0.29, 0.717) is 17.2 Å². The summed E-state index contributed by atoms with van der Waals surface area (Å²) >= 11 is 0. The highest BCUT2D eigenvalue weighted by molar-refractivity contribution is 5.79. The summed E-state index contributed by atoms with van der Waals surface area (Å²) in [5.74, 6) is 0.478. The van der Waals surface area contributed by atoms with Crippen LogP contribution in [-0.4, -0.2) is 29.8 Å². The number of carbonyl (C=O) groups is 1. The lowest BCUT2D eigenvalue weighted by molar-refractivity contribution is -0.121. The summed E-state index contributed by atoms with van der Waals surface area (Å²) in [5, 5.41) is 0. The Morgan fingerprint density at radius 2 is 2.21 bits per heavy atom. The van der Waals surface area contributed by atoms with Crippen molar-refractivity contribution in [3.8, 4) is 0 Å². The first-order valence-electron chi connectivity index (χ1n) is 5.83. The van der Waals surface area contributed by atoms with Crippen LogP contribution in [0.2, 0.25) is 0 Å². The predicted octanol–water partition coefficient (Wildman–Crippen LogP) is 2.23. The fourth-order valence-electron chi connectivity index (χ4n) is 2.78. The third-order valence-electron chi connectivity index (χ3n) is 3.68. The molecule has 2 fully saturated rings. The van der Waals surface area contributed by atoms with E-state index >= 15 is 0 Å². The zero-order chi connectivity index (χ0) is 10.2. The average molecular weight is 195 g/mol. The van der Waals surface area contributed by atoms with Gasteiger partial charge < -0.3 is 0 Å². The van der Waals surface area contributed by atoms with Crippen LogP contribution in [0.25, 0.3) is 0 Å². The maximum Gasteiger partial charge on any atom is 0.134 e. The van der Waals surface area contributed by atoms with Gasteiger partial charge in [0.15, 0.2) is 0 Å². The molecule has 0 aromatic carbocycles. The van der Waals surface area contributed by atoms with Gasteiger partial charge in [-0.15, -0.1) is 0 Å². The fraction of sp³-hybridized carbons (Fsp3) is 0.917. The number of carbonyl (C=O) groups excluding carboxylic acids is 1. The second-order valence-corrected chi connectivity index (χ2v) is 5.67. The predicted molar refractivity (Wildman–Crippen MR) is 57.2 cm³/mol. The van der Waals surface area contributed by atoms with Gasteiger partial charge in [-0.3, -0.25) is 9.69 Å². The van der Waals surface area contributed by atoms with Crippen LogP contribution in [0.15, 0.2) is 0 Å².